The highest BCUT2D eigenvalue weighted by molar-refractivity contribution is 6.99. The Morgan fingerprint density at radius 3 is 2.71 bits per heavy atom. The van der Waals surface area contributed by atoms with Gasteiger partial charge in [0.1, 0.15) is 18.9 Å². The van der Waals surface area contributed by atoms with E-state index in [0.29, 0.717) is 24.4 Å². The zero-order valence-corrected chi connectivity index (χ0v) is 13.5. The minimum atomic E-state index is -0.644. The van der Waals surface area contributed by atoms with E-state index in [0.717, 1.165) is 37.4 Å². The number of rotatable bonds is 7. The van der Waals surface area contributed by atoms with Gasteiger partial charge in [-0.15, -0.1) is 4.37 Å². The van der Waals surface area contributed by atoms with Gasteiger partial charge in [0.25, 0.3) is 0 Å². The number of hydrogen-bond acceptors (Lipinski definition) is 7. The van der Waals surface area contributed by atoms with E-state index < -0.39 is 11.7 Å². The average molecular weight is 315 g/mol. The van der Waals surface area contributed by atoms with Crippen molar-refractivity contribution in [2.45, 2.75) is 51.2 Å². The average Bonchev–Trinajstić information content (AvgIpc) is 2.94. The van der Waals surface area contributed by atoms with Crippen LogP contribution in [-0.2, 0) is 0 Å². The third-order valence-corrected chi connectivity index (χ3v) is 4.59. The molecule has 0 saturated heterocycles. The molecule has 6 nitrogen and oxygen atoms in total. The van der Waals surface area contributed by atoms with E-state index in [1.807, 2.05) is 0 Å². The Kier molecular flexibility index (Phi) is 5.54. The molecule has 7 heteroatoms. The van der Waals surface area contributed by atoms with Crippen LogP contribution in [0.5, 0.6) is 5.88 Å². The lowest BCUT2D eigenvalue weighted by Gasteiger charge is -2.40. The lowest BCUT2D eigenvalue weighted by Crippen LogP contribution is -2.47. The Hall–Kier alpha value is -0.760. The summed E-state index contributed by atoms with van der Waals surface area (Å²) in [6.45, 7) is 5.56. The van der Waals surface area contributed by atoms with Crippen LogP contribution in [0.25, 0.3) is 0 Å². The van der Waals surface area contributed by atoms with Crippen molar-refractivity contribution in [1.82, 2.24) is 14.1 Å². The van der Waals surface area contributed by atoms with Gasteiger partial charge in [0.15, 0.2) is 0 Å². The van der Waals surface area contributed by atoms with E-state index in [4.69, 9.17) is 4.74 Å². The van der Waals surface area contributed by atoms with Crippen LogP contribution in [0.3, 0.4) is 0 Å². The smallest absolute Gasteiger partial charge is 0.245 e. The molecule has 1 aliphatic carbocycles. The van der Waals surface area contributed by atoms with Crippen LogP contribution >= 0.6 is 11.7 Å². The van der Waals surface area contributed by atoms with Crippen LogP contribution in [0.2, 0.25) is 0 Å². The molecule has 0 spiro atoms. The molecular weight excluding hydrogens is 290 g/mol. The van der Waals surface area contributed by atoms with Gasteiger partial charge in [0.05, 0.1) is 17.3 Å². The van der Waals surface area contributed by atoms with Gasteiger partial charge in [-0.05, 0) is 31.1 Å². The normalized spacial score (nSPS) is 21.9. The number of ether oxygens (including phenoxy) is 1. The summed E-state index contributed by atoms with van der Waals surface area (Å²) in [4.78, 5) is 0. The first-order valence-corrected chi connectivity index (χ1v) is 8.13. The van der Waals surface area contributed by atoms with Crippen LogP contribution in [0.15, 0.2) is 6.20 Å². The van der Waals surface area contributed by atoms with Gasteiger partial charge in [-0.25, -0.2) is 0 Å². The fraction of sp³-hybridized carbons (Fsp3) is 0.857. The second-order valence-electron chi connectivity index (χ2n) is 6.73. The van der Waals surface area contributed by atoms with Gasteiger partial charge in [-0.2, -0.15) is 4.37 Å². The monoisotopic (exact) mass is 315 g/mol. The number of aliphatic hydroxyl groups is 2. The van der Waals surface area contributed by atoms with Crippen LogP contribution in [0, 0.1) is 5.41 Å². The van der Waals surface area contributed by atoms with Gasteiger partial charge < -0.3 is 20.3 Å². The van der Waals surface area contributed by atoms with Crippen LogP contribution in [0.4, 0.5) is 0 Å². The van der Waals surface area contributed by atoms with E-state index >= 15 is 0 Å². The number of nitrogens with one attached hydrogen (secondary N) is 1. The molecule has 120 valence electrons. The fourth-order valence-corrected chi connectivity index (χ4v) is 2.87. The van der Waals surface area contributed by atoms with Crippen molar-refractivity contribution < 1.29 is 14.9 Å². The first-order chi connectivity index (χ1) is 9.89. The number of nitrogens with zero attached hydrogens (tertiary/aromatic N) is 2. The second-order valence-corrected chi connectivity index (χ2v) is 7.29. The Bertz CT molecular complexity index is 415. The minimum Gasteiger partial charge on any atom is -0.473 e. The van der Waals surface area contributed by atoms with E-state index in [2.05, 4.69) is 27.9 Å². The van der Waals surface area contributed by atoms with Crippen molar-refractivity contribution in [3.8, 4) is 5.88 Å². The Labute approximate surface area is 129 Å². The first-order valence-electron chi connectivity index (χ1n) is 7.40. The predicted octanol–water partition coefficient (Wildman–Crippen LogP) is 1.20. The molecule has 1 saturated carbocycles. The molecule has 0 aliphatic heterocycles. The summed E-state index contributed by atoms with van der Waals surface area (Å²) < 4.78 is 13.0. The zero-order chi connectivity index (χ0) is 15.3. The molecule has 1 aliphatic rings. The number of aromatic nitrogens is 2. The highest BCUT2D eigenvalue weighted by Gasteiger charge is 2.36. The van der Waals surface area contributed by atoms with Crippen molar-refractivity contribution in [2.75, 3.05) is 19.7 Å². The van der Waals surface area contributed by atoms with E-state index in [1.165, 1.54) is 6.20 Å². The Morgan fingerprint density at radius 1 is 1.38 bits per heavy atom. The van der Waals surface area contributed by atoms with Gasteiger partial charge >= 0.3 is 0 Å². The SMILES string of the molecule is CC1(C)CCC(O)(CNCC(O)COc2cnsn2)CC1. The topological polar surface area (TPSA) is 87.5 Å². The molecule has 1 heterocycles. The van der Waals surface area contributed by atoms with Gasteiger partial charge in [0.2, 0.25) is 5.88 Å². The van der Waals surface area contributed by atoms with Crippen LogP contribution in [-0.4, -0.2) is 50.4 Å². The molecule has 3 N–H and O–H groups in total. The van der Waals surface area contributed by atoms with Crippen molar-refractivity contribution in [3.05, 3.63) is 6.20 Å². The van der Waals surface area contributed by atoms with Crippen molar-refractivity contribution in [1.29, 1.82) is 0 Å². The summed E-state index contributed by atoms with van der Waals surface area (Å²) in [5.74, 6) is 0.437. The highest BCUT2D eigenvalue weighted by Crippen LogP contribution is 2.39. The molecule has 1 aromatic heterocycles. The van der Waals surface area contributed by atoms with Gasteiger partial charge in [-0.1, -0.05) is 13.8 Å². The maximum atomic E-state index is 10.5. The molecule has 0 radical (unpaired) electrons. The molecule has 1 atom stereocenters. The van der Waals surface area contributed by atoms with E-state index in [1.54, 1.807) is 0 Å². The van der Waals surface area contributed by atoms with Crippen molar-refractivity contribution in [2.24, 2.45) is 5.41 Å². The molecule has 1 aromatic rings. The fourth-order valence-electron chi connectivity index (χ4n) is 2.50. The standard InChI is InChI=1S/C14H25N3O3S/c1-13(2)3-5-14(19,6-4-13)10-15-7-11(18)9-20-12-8-16-21-17-12/h8,11,15,18-19H,3-7,9-10H2,1-2H3. The van der Waals surface area contributed by atoms with Crippen LogP contribution < -0.4 is 10.1 Å². The molecule has 1 unspecified atom stereocenters. The Balaban J connectivity index is 1.62. The largest absolute Gasteiger partial charge is 0.473 e. The molecular formula is C14H25N3O3S. The lowest BCUT2D eigenvalue weighted by atomic mass is 9.71. The summed E-state index contributed by atoms with van der Waals surface area (Å²) >= 11 is 1.07. The first kappa shape index (κ1) is 16.6. The van der Waals surface area contributed by atoms with Gasteiger partial charge in [0, 0.05) is 13.1 Å². The summed E-state index contributed by atoms with van der Waals surface area (Å²) in [6.07, 6.45) is 4.59. The third-order valence-electron chi connectivity index (χ3n) is 4.13. The maximum absolute atomic E-state index is 10.5. The highest BCUT2D eigenvalue weighted by atomic mass is 32.1. The summed E-state index contributed by atoms with van der Waals surface area (Å²) in [6, 6.07) is 0. The quantitative estimate of drug-likeness (QED) is 0.701. The number of hydrogen-bond donors (Lipinski definition) is 3. The Morgan fingerprint density at radius 2 is 2.10 bits per heavy atom. The summed E-state index contributed by atoms with van der Waals surface area (Å²) in [5, 5.41) is 23.5. The minimum absolute atomic E-state index is 0.171. The maximum Gasteiger partial charge on any atom is 0.245 e. The van der Waals surface area contributed by atoms with Crippen molar-refractivity contribution >= 4 is 11.7 Å². The number of aliphatic hydroxyl groups excluding tert-OH is 1. The zero-order valence-electron chi connectivity index (χ0n) is 12.7. The van der Waals surface area contributed by atoms with Gasteiger partial charge in [-0.3, -0.25) is 0 Å². The predicted molar refractivity (Wildman–Crippen MR) is 81.5 cm³/mol. The molecule has 21 heavy (non-hydrogen) atoms. The van der Waals surface area contributed by atoms with Crippen molar-refractivity contribution in [3.63, 3.8) is 0 Å². The summed E-state index contributed by atoms with van der Waals surface area (Å²) in [5.41, 5.74) is -0.309. The van der Waals surface area contributed by atoms with Crippen LogP contribution in [0.1, 0.15) is 39.5 Å². The molecule has 1 fully saturated rings. The van der Waals surface area contributed by atoms with E-state index in [9.17, 15) is 10.2 Å². The molecule has 2 rings (SSSR count). The second kappa shape index (κ2) is 7.00. The molecule has 0 bridgehead atoms. The molecule has 0 aromatic carbocycles. The van der Waals surface area contributed by atoms with E-state index in [-0.39, 0.29) is 6.61 Å². The summed E-state index contributed by atoms with van der Waals surface area (Å²) in [7, 11) is 0. The lowest BCUT2D eigenvalue weighted by molar-refractivity contribution is -0.0264. The third kappa shape index (κ3) is 5.50. The molecule has 0 amide bonds.